The molecule has 0 saturated heterocycles. The quantitative estimate of drug-likeness (QED) is 0.656. The van der Waals surface area contributed by atoms with Crippen LogP contribution in [0, 0.1) is 0 Å². The molecule has 2 aromatic carbocycles. The predicted molar refractivity (Wildman–Crippen MR) is 84.5 cm³/mol. The Morgan fingerprint density at radius 1 is 0.737 bits per heavy atom. The Labute approximate surface area is 116 Å². The lowest BCUT2D eigenvalue weighted by Gasteiger charge is -2.07. The van der Waals surface area contributed by atoms with Gasteiger partial charge in [0.15, 0.2) is 0 Å². The molecule has 0 bridgehead atoms. The number of nitrogens with one attached hydrogen (secondary N) is 1. The largest absolute Gasteiger partial charge is 0.385 e. The van der Waals surface area contributed by atoms with Gasteiger partial charge in [0.2, 0.25) is 0 Å². The van der Waals surface area contributed by atoms with E-state index in [0.717, 1.165) is 6.54 Å². The van der Waals surface area contributed by atoms with Gasteiger partial charge < -0.3 is 5.32 Å². The number of anilines is 1. The van der Waals surface area contributed by atoms with Crippen LogP contribution in [0.3, 0.4) is 0 Å². The van der Waals surface area contributed by atoms with E-state index in [1.165, 1.54) is 42.5 Å². The topological polar surface area (TPSA) is 12.0 Å². The molecular formula is C18H23N. The van der Waals surface area contributed by atoms with Crippen LogP contribution in [0.5, 0.6) is 0 Å². The van der Waals surface area contributed by atoms with Gasteiger partial charge in [0, 0.05) is 12.2 Å². The Morgan fingerprint density at radius 2 is 1.42 bits per heavy atom. The van der Waals surface area contributed by atoms with E-state index in [9.17, 15) is 0 Å². The second-order valence-corrected chi connectivity index (χ2v) is 4.93. The minimum Gasteiger partial charge on any atom is -0.385 e. The molecule has 0 atom stereocenters. The zero-order valence-electron chi connectivity index (χ0n) is 11.7. The summed E-state index contributed by atoms with van der Waals surface area (Å²) in [4.78, 5) is 0. The summed E-state index contributed by atoms with van der Waals surface area (Å²) in [6.07, 6.45) is 5.22. The maximum Gasteiger partial charge on any atom is 0.0340 e. The number of rotatable bonds is 7. The molecule has 0 aliphatic heterocycles. The maximum atomic E-state index is 3.48. The fourth-order valence-electron chi connectivity index (χ4n) is 2.20. The van der Waals surface area contributed by atoms with Crippen LogP contribution in [0.1, 0.15) is 32.6 Å². The first-order valence-corrected chi connectivity index (χ1v) is 7.29. The van der Waals surface area contributed by atoms with Crippen LogP contribution in [0.2, 0.25) is 0 Å². The van der Waals surface area contributed by atoms with E-state index < -0.39 is 0 Å². The third-order valence-corrected chi connectivity index (χ3v) is 3.35. The fraction of sp³-hybridized carbons (Fsp3) is 0.333. The van der Waals surface area contributed by atoms with Gasteiger partial charge >= 0.3 is 0 Å². The maximum absolute atomic E-state index is 3.48. The van der Waals surface area contributed by atoms with Crippen LogP contribution >= 0.6 is 0 Å². The van der Waals surface area contributed by atoms with E-state index in [4.69, 9.17) is 0 Å². The van der Waals surface area contributed by atoms with E-state index in [1.807, 2.05) is 0 Å². The van der Waals surface area contributed by atoms with Gasteiger partial charge in [-0.2, -0.15) is 0 Å². The summed E-state index contributed by atoms with van der Waals surface area (Å²) in [5.74, 6) is 0. The van der Waals surface area contributed by atoms with Crippen LogP contribution in [0.4, 0.5) is 5.69 Å². The van der Waals surface area contributed by atoms with Gasteiger partial charge in [0.25, 0.3) is 0 Å². The van der Waals surface area contributed by atoms with Crippen molar-refractivity contribution in [3.8, 4) is 11.1 Å². The predicted octanol–water partition coefficient (Wildman–Crippen LogP) is 5.35. The van der Waals surface area contributed by atoms with Gasteiger partial charge in [-0.1, -0.05) is 68.7 Å². The van der Waals surface area contributed by atoms with Crippen molar-refractivity contribution in [3.63, 3.8) is 0 Å². The first-order valence-electron chi connectivity index (χ1n) is 7.29. The van der Waals surface area contributed by atoms with Gasteiger partial charge in [-0.05, 0) is 29.7 Å². The number of benzene rings is 2. The Morgan fingerprint density at radius 3 is 2.11 bits per heavy atom. The van der Waals surface area contributed by atoms with Crippen LogP contribution in [0.15, 0.2) is 54.6 Å². The number of unbranched alkanes of at least 4 members (excludes halogenated alkanes) is 3. The molecule has 1 heteroatoms. The van der Waals surface area contributed by atoms with E-state index >= 15 is 0 Å². The summed E-state index contributed by atoms with van der Waals surface area (Å²) in [5.41, 5.74) is 3.77. The third kappa shape index (κ3) is 4.44. The van der Waals surface area contributed by atoms with Gasteiger partial charge in [0.1, 0.15) is 0 Å². The van der Waals surface area contributed by atoms with Crippen molar-refractivity contribution in [1.29, 1.82) is 0 Å². The smallest absolute Gasteiger partial charge is 0.0340 e. The average molecular weight is 253 g/mol. The Hall–Kier alpha value is -1.76. The van der Waals surface area contributed by atoms with Gasteiger partial charge in [-0.15, -0.1) is 0 Å². The summed E-state index contributed by atoms with van der Waals surface area (Å²) in [5, 5.41) is 3.48. The SMILES string of the molecule is CCCCCCNc1ccc(-c2ccccc2)cc1. The summed E-state index contributed by atoms with van der Waals surface area (Å²) in [7, 11) is 0. The molecule has 0 heterocycles. The highest BCUT2D eigenvalue weighted by Gasteiger charge is 1.97. The normalized spacial score (nSPS) is 10.4. The molecule has 0 fully saturated rings. The zero-order valence-corrected chi connectivity index (χ0v) is 11.7. The van der Waals surface area contributed by atoms with E-state index in [-0.39, 0.29) is 0 Å². The molecular weight excluding hydrogens is 230 g/mol. The van der Waals surface area contributed by atoms with Crippen LogP contribution < -0.4 is 5.32 Å². The first kappa shape index (κ1) is 13.7. The van der Waals surface area contributed by atoms with Crippen molar-refractivity contribution in [2.75, 3.05) is 11.9 Å². The van der Waals surface area contributed by atoms with Crippen molar-refractivity contribution >= 4 is 5.69 Å². The molecule has 0 aliphatic carbocycles. The van der Waals surface area contributed by atoms with Crippen molar-refractivity contribution in [2.45, 2.75) is 32.6 Å². The third-order valence-electron chi connectivity index (χ3n) is 3.35. The Bertz CT molecular complexity index is 459. The highest BCUT2D eigenvalue weighted by molar-refractivity contribution is 5.65. The van der Waals surface area contributed by atoms with Crippen LogP contribution in [-0.4, -0.2) is 6.54 Å². The van der Waals surface area contributed by atoms with Gasteiger partial charge in [0.05, 0.1) is 0 Å². The summed E-state index contributed by atoms with van der Waals surface area (Å²) >= 11 is 0. The monoisotopic (exact) mass is 253 g/mol. The lowest BCUT2D eigenvalue weighted by Crippen LogP contribution is -2.00. The molecule has 0 unspecified atom stereocenters. The molecule has 2 rings (SSSR count). The molecule has 2 aromatic rings. The number of hydrogen-bond acceptors (Lipinski definition) is 1. The molecule has 0 radical (unpaired) electrons. The minimum atomic E-state index is 1.07. The molecule has 19 heavy (non-hydrogen) atoms. The fourth-order valence-corrected chi connectivity index (χ4v) is 2.20. The average Bonchev–Trinajstić information content (AvgIpc) is 2.49. The molecule has 1 nitrogen and oxygen atoms in total. The molecule has 0 amide bonds. The molecule has 0 spiro atoms. The molecule has 0 aliphatic rings. The van der Waals surface area contributed by atoms with E-state index in [2.05, 4.69) is 66.8 Å². The lowest BCUT2D eigenvalue weighted by atomic mass is 10.1. The summed E-state index contributed by atoms with van der Waals surface area (Å²) in [6.45, 7) is 3.32. The Balaban J connectivity index is 1.85. The highest BCUT2D eigenvalue weighted by atomic mass is 14.9. The summed E-state index contributed by atoms with van der Waals surface area (Å²) in [6, 6.07) is 19.2. The van der Waals surface area contributed by atoms with Crippen molar-refractivity contribution in [1.82, 2.24) is 0 Å². The first-order chi connectivity index (χ1) is 9.40. The zero-order chi connectivity index (χ0) is 13.3. The van der Waals surface area contributed by atoms with Crippen molar-refractivity contribution in [3.05, 3.63) is 54.6 Å². The molecule has 0 aromatic heterocycles. The lowest BCUT2D eigenvalue weighted by molar-refractivity contribution is 0.685. The standard InChI is InChI=1S/C18H23N/c1-2-3-4-8-15-19-18-13-11-17(12-14-18)16-9-6-5-7-10-16/h5-7,9-14,19H,2-4,8,15H2,1H3. The van der Waals surface area contributed by atoms with Crippen molar-refractivity contribution < 1.29 is 0 Å². The Kier molecular flexibility index (Phi) is 5.49. The molecule has 0 saturated carbocycles. The van der Waals surface area contributed by atoms with Gasteiger partial charge in [-0.3, -0.25) is 0 Å². The van der Waals surface area contributed by atoms with Gasteiger partial charge in [-0.25, -0.2) is 0 Å². The van der Waals surface area contributed by atoms with E-state index in [0.29, 0.717) is 0 Å². The molecule has 100 valence electrons. The van der Waals surface area contributed by atoms with E-state index in [1.54, 1.807) is 0 Å². The second-order valence-electron chi connectivity index (χ2n) is 4.93. The highest BCUT2D eigenvalue weighted by Crippen LogP contribution is 2.20. The molecule has 1 N–H and O–H groups in total. The summed E-state index contributed by atoms with van der Waals surface area (Å²) < 4.78 is 0. The number of hydrogen-bond donors (Lipinski definition) is 1. The minimum absolute atomic E-state index is 1.07. The van der Waals surface area contributed by atoms with Crippen molar-refractivity contribution in [2.24, 2.45) is 0 Å². The van der Waals surface area contributed by atoms with Crippen LogP contribution in [-0.2, 0) is 0 Å². The second kappa shape index (κ2) is 7.63. The van der Waals surface area contributed by atoms with Crippen LogP contribution in [0.25, 0.3) is 11.1 Å².